The van der Waals surface area contributed by atoms with E-state index >= 15 is 0 Å². The SMILES string of the molecule is Cn1nc(-c2ccccc2)cc1-c1ncnn1CC(C)(C)O. The number of aryl methyl sites for hydroxylation is 1. The number of rotatable bonds is 4. The van der Waals surface area contributed by atoms with E-state index in [1.54, 1.807) is 23.2 Å². The number of nitrogens with zero attached hydrogens (tertiary/aromatic N) is 5. The summed E-state index contributed by atoms with van der Waals surface area (Å²) in [7, 11) is 1.88. The molecule has 1 N–H and O–H groups in total. The van der Waals surface area contributed by atoms with Gasteiger partial charge in [-0.2, -0.15) is 10.2 Å². The van der Waals surface area contributed by atoms with Crippen molar-refractivity contribution in [1.29, 1.82) is 0 Å². The Morgan fingerprint density at radius 3 is 2.59 bits per heavy atom. The fourth-order valence-electron chi connectivity index (χ4n) is 2.37. The second-order valence-electron chi connectivity index (χ2n) is 5.96. The highest BCUT2D eigenvalue weighted by atomic mass is 16.3. The Hall–Kier alpha value is -2.47. The van der Waals surface area contributed by atoms with Crippen LogP contribution in [0.3, 0.4) is 0 Å². The van der Waals surface area contributed by atoms with Crippen molar-refractivity contribution in [2.45, 2.75) is 26.0 Å². The van der Waals surface area contributed by atoms with Gasteiger partial charge in [0.1, 0.15) is 12.0 Å². The van der Waals surface area contributed by atoms with Crippen LogP contribution < -0.4 is 0 Å². The van der Waals surface area contributed by atoms with E-state index in [0.717, 1.165) is 17.0 Å². The zero-order valence-electron chi connectivity index (χ0n) is 12.9. The third-order valence-electron chi connectivity index (χ3n) is 3.33. The van der Waals surface area contributed by atoms with Crippen LogP contribution in [-0.2, 0) is 13.6 Å². The average Bonchev–Trinajstić information content (AvgIpc) is 3.04. The van der Waals surface area contributed by atoms with Crippen LogP contribution >= 0.6 is 0 Å². The predicted octanol–water partition coefficient (Wildman–Crippen LogP) is 2.12. The smallest absolute Gasteiger partial charge is 0.176 e. The van der Waals surface area contributed by atoms with Crippen LogP contribution in [0.4, 0.5) is 0 Å². The van der Waals surface area contributed by atoms with Gasteiger partial charge in [0.25, 0.3) is 0 Å². The van der Waals surface area contributed by atoms with E-state index in [2.05, 4.69) is 15.2 Å². The molecule has 0 bridgehead atoms. The lowest BCUT2D eigenvalue weighted by molar-refractivity contribution is 0.0581. The number of hydrogen-bond acceptors (Lipinski definition) is 4. The Morgan fingerprint density at radius 1 is 1.18 bits per heavy atom. The summed E-state index contributed by atoms with van der Waals surface area (Å²) in [6, 6.07) is 12.0. The Morgan fingerprint density at radius 2 is 1.91 bits per heavy atom. The first kappa shape index (κ1) is 14.5. The molecule has 0 saturated heterocycles. The van der Waals surface area contributed by atoms with Crippen molar-refractivity contribution < 1.29 is 5.11 Å². The van der Waals surface area contributed by atoms with Crippen LogP contribution in [0.15, 0.2) is 42.7 Å². The quantitative estimate of drug-likeness (QED) is 0.801. The summed E-state index contributed by atoms with van der Waals surface area (Å²) in [6.45, 7) is 3.86. The molecule has 114 valence electrons. The van der Waals surface area contributed by atoms with Crippen LogP contribution in [0.2, 0.25) is 0 Å². The third kappa shape index (κ3) is 2.92. The van der Waals surface area contributed by atoms with E-state index < -0.39 is 5.60 Å². The summed E-state index contributed by atoms with van der Waals surface area (Å²) >= 11 is 0. The van der Waals surface area contributed by atoms with Gasteiger partial charge in [0, 0.05) is 12.6 Å². The maximum absolute atomic E-state index is 10.0. The van der Waals surface area contributed by atoms with Crippen LogP contribution in [0, 0.1) is 0 Å². The molecule has 0 spiro atoms. The molecule has 2 heterocycles. The Bertz CT molecular complexity index is 767. The summed E-state index contributed by atoms with van der Waals surface area (Å²) in [5, 5.41) is 18.8. The van der Waals surface area contributed by atoms with Gasteiger partial charge >= 0.3 is 0 Å². The van der Waals surface area contributed by atoms with Crippen LogP contribution in [0.5, 0.6) is 0 Å². The van der Waals surface area contributed by atoms with E-state index in [0.29, 0.717) is 12.4 Å². The first-order chi connectivity index (χ1) is 10.4. The van der Waals surface area contributed by atoms with Crippen molar-refractivity contribution in [3.63, 3.8) is 0 Å². The van der Waals surface area contributed by atoms with Crippen molar-refractivity contribution in [2.24, 2.45) is 7.05 Å². The van der Waals surface area contributed by atoms with Crippen molar-refractivity contribution in [3.05, 3.63) is 42.7 Å². The molecule has 6 heteroatoms. The minimum absolute atomic E-state index is 0.369. The van der Waals surface area contributed by atoms with Gasteiger partial charge in [0.15, 0.2) is 5.82 Å². The largest absolute Gasteiger partial charge is 0.389 e. The average molecular weight is 297 g/mol. The second-order valence-corrected chi connectivity index (χ2v) is 5.96. The minimum atomic E-state index is -0.858. The summed E-state index contributed by atoms with van der Waals surface area (Å²) < 4.78 is 3.49. The number of aliphatic hydroxyl groups is 1. The molecule has 22 heavy (non-hydrogen) atoms. The molecule has 0 radical (unpaired) electrons. The number of hydrogen-bond donors (Lipinski definition) is 1. The molecule has 0 aliphatic heterocycles. The van der Waals surface area contributed by atoms with Crippen molar-refractivity contribution in [2.75, 3.05) is 0 Å². The predicted molar refractivity (Wildman–Crippen MR) is 84.0 cm³/mol. The molecule has 0 amide bonds. The van der Waals surface area contributed by atoms with Gasteiger partial charge in [-0.25, -0.2) is 9.67 Å². The van der Waals surface area contributed by atoms with E-state index in [9.17, 15) is 5.11 Å². The lowest BCUT2D eigenvalue weighted by atomic mass is 10.1. The highest BCUT2D eigenvalue weighted by Gasteiger charge is 2.20. The highest BCUT2D eigenvalue weighted by Crippen LogP contribution is 2.24. The molecule has 3 aromatic rings. The minimum Gasteiger partial charge on any atom is -0.389 e. The van der Waals surface area contributed by atoms with Crippen LogP contribution in [0.1, 0.15) is 13.8 Å². The maximum Gasteiger partial charge on any atom is 0.176 e. The Kier molecular flexibility index (Phi) is 3.54. The number of aromatic nitrogens is 5. The van der Waals surface area contributed by atoms with E-state index in [-0.39, 0.29) is 0 Å². The Labute approximate surface area is 129 Å². The van der Waals surface area contributed by atoms with E-state index in [4.69, 9.17) is 0 Å². The summed E-state index contributed by atoms with van der Waals surface area (Å²) in [6.07, 6.45) is 1.50. The van der Waals surface area contributed by atoms with Crippen molar-refractivity contribution in [3.8, 4) is 22.8 Å². The molecule has 1 aromatic carbocycles. The van der Waals surface area contributed by atoms with Gasteiger partial charge in [-0.1, -0.05) is 30.3 Å². The van der Waals surface area contributed by atoms with Gasteiger partial charge in [-0.15, -0.1) is 0 Å². The molecule has 3 rings (SSSR count). The van der Waals surface area contributed by atoms with E-state index in [1.807, 2.05) is 43.4 Å². The van der Waals surface area contributed by atoms with Crippen LogP contribution in [0.25, 0.3) is 22.8 Å². The zero-order chi connectivity index (χ0) is 15.7. The van der Waals surface area contributed by atoms with Crippen LogP contribution in [-0.4, -0.2) is 35.3 Å². The van der Waals surface area contributed by atoms with E-state index in [1.165, 1.54) is 6.33 Å². The summed E-state index contributed by atoms with van der Waals surface area (Å²) in [5.74, 6) is 0.694. The fourth-order valence-corrected chi connectivity index (χ4v) is 2.37. The molecular formula is C16H19N5O. The highest BCUT2D eigenvalue weighted by molar-refractivity contribution is 5.65. The second kappa shape index (κ2) is 5.38. The molecule has 0 atom stereocenters. The zero-order valence-corrected chi connectivity index (χ0v) is 12.9. The topological polar surface area (TPSA) is 68.8 Å². The molecule has 0 saturated carbocycles. The monoisotopic (exact) mass is 297 g/mol. The molecule has 0 aliphatic rings. The maximum atomic E-state index is 10.0. The molecule has 0 fully saturated rings. The van der Waals surface area contributed by atoms with Gasteiger partial charge < -0.3 is 5.11 Å². The lowest BCUT2D eigenvalue weighted by Crippen LogP contribution is -2.27. The first-order valence-corrected chi connectivity index (χ1v) is 7.14. The molecule has 0 aliphatic carbocycles. The molecule has 0 unspecified atom stereocenters. The lowest BCUT2D eigenvalue weighted by Gasteiger charge is -2.17. The normalized spacial score (nSPS) is 11.8. The standard InChI is InChI=1S/C16H19N5O/c1-16(2,22)10-21-15(17-11-18-21)14-9-13(19-20(14)3)12-7-5-4-6-8-12/h4-9,11,22H,10H2,1-3H3. The first-order valence-electron chi connectivity index (χ1n) is 7.14. The Balaban J connectivity index is 2.00. The van der Waals surface area contributed by atoms with Gasteiger partial charge in [0.2, 0.25) is 0 Å². The molecule has 6 nitrogen and oxygen atoms in total. The summed E-state index contributed by atoms with van der Waals surface area (Å²) in [5.41, 5.74) is 1.94. The van der Waals surface area contributed by atoms with Crippen molar-refractivity contribution >= 4 is 0 Å². The van der Waals surface area contributed by atoms with Gasteiger partial charge in [-0.05, 0) is 19.9 Å². The summed E-state index contributed by atoms with van der Waals surface area (Å²) in [4.78, 5) is 4.32. The van der Waals surface area contributed by atoms with Gasteiger partial charge in [-0.3, -0.25) is 4.68 Å². The number of benzene rings is 1. The molecule has 2 aromatic heterocycles. The fraction of sp³-hybridized carbons (Fsp3) is 0.312. The van der Waals surface area contributed by atoms with Gasteiger partial charge in [0.05, 0.1) is 17.8 Å². The molecular weight excluding hydrogens is 278 g/mol. The third-order valence-corrected chi connectivity index (χ3v) is 3.33. The van der Waals surface area contributed by atoms with Crippen molar-refractivity contribution in [1.82, 2.24) is 24.5 Å².